The normalized spacial score (nSPS) is 11.8. The molecule has 0 radical (unpaired) electrons. The number of rotatable bonds is 4. The fourth-order valence-corrected chi connectivity index (χ4v) is 2.68. The second-order valence-electron chi connectivity index (χ2n) is 4.44. The molecule has 2 rings (SSSR count). The Kier molecular flexibility index (Phi) is 4.32. The van der Waals surface area contributed by atoms with Gasteiger partial charge in [-0.05, 0) is 23.6 Å². The van der Waals surface area contributed by atoms with Gasteiger partial charge in [-0.1, -0.05) is 25.2 Å². The zero-order valence-electron chi connectivity index (χ0n) is 10.9. The van der Waals surface area contributed by atoms with E-state index in [1.807, 2.05) is 30.5 Å². The molecule has 0 bridgehead atoms. The fourth-order valence-electron chi connectivity index (χ4n) is 1.85. The molecule has 102 valence electrons. The highest BCUT2D eigenvalue weighted by Gasteiger charge is 2.14. The molecular formula is C14H13N3OS2. The van der Waals surface area contributed by atoms with Crippen molar-refractivity contribution < 1.29 is 0 Å². The molecule has 2 heterocycles. The largest absolute Gasteiger partial charge is 0.393 e. The molecular weight excluding hydrogens is 290 g/mol. The van der Waals surface area contributed by atoms with Crippen LogP contribution >= 0.6 is 23.6 Å². The first-order valence-corrected chi connectivity index (χ1v) is 7.30. The monoisotopic (exact) mass is 303 g/mol. The lowest BCUT2D eigenvalue weighted by Gasteiger charge is -2.16. The number of hydrogen-bond acceptors (Lipinski definition) is 4. The molecule has 1 unspecified atom stereocenters. The van der Waals surface area contributed by atoms with Crippen LogP contribution in [-0.2, 0) is 6.54 Å². The van der Waals surface area contributed by atoms with E-state index in [2.05, 4.69) is 0 Å². The lowest BCUT2D eigenvalue weighted by molar-refractivity contribution is 0.586. The number of hydrogen-bond donors (Lipinski definition) is 1. The van der Waals surface area contributed by atoms with Crippen molar-refractivity contribution in [3.05, 3.63) is 45.6 Å². The Bertz CT molecular complexity index is 726. The summed E-state index contributed by atoms with van der Waals surface area (Å²) in [5.74, 6) is -0.115. The molecule has 0 amide bonds. The molecule has 2 aromatic rings. The van der Waals surface area contributed by atoms with Crippen LogP contribution in [0.3, 0.4) is 0 Å². The van der Waals surface area contributed by atoms with Crippen LogP contribution in [0.25, 0.3) is 10.6 Å². The van der Waals surface area contributed by atoms with Crippen LogP contribution in [-0.4, -0.2) is 9.56 Å². The molecule has 0 spiro atoms. The Morgan fingerprint density at radius 3 is 2.85 bits per heavy atom. The quantitative estimate of drug-likeness (QED) is 0.880. The number of pyridine rings is 1. The maximum Gasteiger partial charge on any atom is 0.268 e. The zero-order chi connectivity index (χ0) is 14.7. The van der Waals surface area contributed by atoms with Crippen LogP contribution in [0, 0.1) is 17.2 Å². The third-order valence-electron chi connectivity index (χ3n) is 3.01. The highest BCUT2D eigenvalue weighted by Crippen LogP contribution is 2.24. The highest BCUT2D eigenvalue weighted by molar-refractivity contribution is 7.80. The van der Waals surface area contributed by atoms with Gasteiger partial charge in [0.2, 0.25) is 0 Å². The number of thiocarbonyl (C=S) groups is 1. The summed E-state index contributed by atoms with van der Waals surface area (Å²) in [4.78, 5) is 13.7. The van der Waals surface area contributed by atoms with Crippen molar-refractivity contribution in [3.8, 4) is 16.6 Å². The second kappa shape index (κ2) is 5.99. The Balaban J connectivity index is 2.59. The molecule has 6 heteroatoms. The first kappa shape index (κ1) is 14.4. The molecule has 0 aromatic carbocycles. The summed E-state index contributed by atoms with van der Waals surface area (Å²) < 4.78 is 1.58. The molecule has 2 N–H and O–H groups in total. The van der Waals surface area contributed by atoms with Crippen LogP contribution in [0.15, 0.2) is 34.4 Å². The molecule has 2 aromatic heterocycles. The number of nitrogens with zero attached hydrogens (tertiary/aromatic N) is 2. The van der Waals surface area contributed by atoms with Crippen molar-refractivity contribution in [1.29, 1.82) is 5.26 Å². The van der Waals surface area contributed by atoms with E-state index in [-0.39, 0.29) is 17.0 Å². The molecule has 0 aliphatic carbocycles. The molecule has 0 aliphatic heterocycles. The van der Waals surface area contributed by atoms with Crippen molar-refractivity contribution in [1.82, 2.24) is 4.57 Å². The van der Waals surface area contributed by atoms with Crippen LogP contribution in [0.1, 0.15) is 12.5 Å². The smallest absolute Gasteiger partial charge is 0.268 e. The number of nitrogens with two attached hydrogens (primary N) is 1. The topological polar surface area (TPSA) is 71.8 Å². The first-order chi connectivity index (χ1) is 9.54. The summed E-state index contributed by atoms with van der Waals surface area (Å²) in [6.07, 6.45) is 0. The molecule has 0 saturated carbocycles. The molecule has 20 heavy (non-hydrogen) atoms. The third kappa shape index (κ3) is 2.79. The summed E-state index contributed by atoms with van der Waals surface area (Å²) in [5.41, 5.74) is 6.23. The Morgan fingerprint density at radius 2 is 2.30 bits per heavy atom. The van der Waals surface area contributed by atoms with Crippen LogP contribution in [0.4, 0.5) is 0 Å². The first-order valence-electron chi connectivity index (χ1n) is 6.01. The maximum absolute atomic E-state index is 12.3. The minimum Gasteiger partial charge on any atom is -0.393 e. The molecule has 0 fully saturated rings. The summed E-state index contributed by atoms with van der Waals surface area (Å²) >= 11 is 6.51. The van der Waals surface area contributed by atoms with Gasteiger partial charge in [0.05, 0.1) is 15.6 Å². The SMILES string of the molecule is CC(Cn1c(-c2cccs2)ccc(C#N)c1=O)C(N)=S. The molecule has 0 saturated heterocycles. The van der Waals surface area contributed by atoms with Gasteiger partial charge in [-0.15, -0.1) is 11.3 Å². The Hall–Kier alpha value is -1.97. The van der Waals surface area contributed by atoms with Gasteiger partial charge in [-0.25, -0.2) is 0 Å². The predicted octanol–water partition coefficient (Wildman–Crippen LogP) is 2.37. The third-order valence-corrected chi connectivity index (χ3v) is 4.31. The summed E-state index contributed by atoms with van der Waals surface area (Å²) in [5, 5.41) is 10.9. The lowest BCUT2D eigenvalue weighted by atomic mass is 10.1. The van der Waals surface area contributed by atoms with E-state index in [1.165, 1.54) is 0 Å². The van der Waals surface area contributed by atoms with Gasteiger partial charge in [-0.2, -0.15) is 5.26 Å². The van der Waals surface area contributed by atoms with E-state index >= 15 is 0 Å². The van der Waals surface area contributed by atoms with E-state index in [0.717, 1.165) is 10.6 Å². The highest BCUT2D eigenvalue weighted by atomic mass is 32.1. The zero-order valence-corrected chi connectivity index (χ0v) is 12.5. The summed E-state index contributed by atoms with van der Waals surface area (Å²) in [6, 6.07) is 9.12. The Morgan fingerprint density at radius 1 is 1.55 bits per heavy atom. The fraction of sp³-hybridized carbons (Fsp3) is 0.214. The molecule has 4 nitrogen and oxygen atoms in total. The summed E-state index contributed by atoms with van der Waals surface area (Å²) in [6.45, 7) is 2.24. The number of aromatic nitrogens is 1. The van der Waals surface area contributed by atoms with Crippen LogP contribution < -0.4 is 11.3 Å². The van der Waals surface area contributed by atoms with Gasteiger partial charge in [-0.3, -0.25) is 4.79 Å². The van der Waals surface area contributed by atoms with Gasteiger partial charge in [0.1, 0.15) is 11.6 Å². The average molecular weight is 303 g/mol. The van der Waals surface area contributed by atoms with Crippen molar-refractivity contribution in [2.45, 2.75) is 13.5 Å². The van der Waals surface area contributed by atoms with Crippen molar-refractivity contribution >= 4 is 28.5 Å². The standard InChI is InChI=1S/C14H13N3OS2/c1-9(13(16)19)8-17-11(12-3-2-6-20-12)5-4-10(7-15)14(17)18/h2-6,9H,8H2,1H3,(H2,16,19). The Labute approximate surface area is 126 Å². The minimum atomic E-state index is -0.304. The van der Waals surface area contributed by atoms with Gasteiger partial charge in [0, 0.05) is 12.5 Å². The summed E-state index contributed by atoms with van der Waals surface area (Å²) in [7, 11) is 0. The van der Waals surface area contributed by atoms with E-state index in [1.54, 1.807) is 28.0 Å². The van der Waals surface area contributed by atoms with Crippen LogP contribution in [0.2, 0.25) is 0 Å². The number of thiophene rings is 1. The van der Waals surface area contributed by atoms with E-state index in [9.17, 15) is 4.79 Å². The van der Waals surface area contributed by atoms with E-state index < -0.39 is 0 Å². The van der Waals surface area contributed by atoms with Crippen molar-refractivity contribution in [3.63, 3.8) is 0 Å². The minimum absolute atomic E-state index is 0.115. The van der Waals surface area contributed by atoms with Gasteiger partial charge in [0.15, 0.2) is 0 Å². The molecule has 1 atom stereocenters. The molecule has 0 aliphatic rings. The van der Waals surface area contributed by atoms with Gasteiger partial charge in [0.25, 0.3) is 5.56 Å². The average Bonchev–Trinajstić information content (AvgIpc) is 2.94. The lowest BCUT2D eigenvalue weighted by Crippen LogP contribution is -2.31. The van der Waals surface area contributed by atoms with Gasteiger partial charge < -0.3 is 10.3 Å². The van der Waals surface area contributed by atoms with E-state index in [4.69, 9.17) is 23.2 Å². The number of nitriles is 1. The van der Waals surface area contributed by atoms with Crippen LogP contribution in [0.5, 0.6) is 0 Å². The maximum atomic E-state index is 12.3. The predicted molar refractivity (Wildman–Crippen MR) is 84.7 cm³/mol. The van der Waals surface area contributed by atoms with Gasteiger partial charge >= 0.3 is 0 Å². The van der Waals surface area contributed by atoms with Crippen molar-refractivity contribution in [2.24, 2.45) is 11.7 Å². The second-order valence-corrected chi connectivity index (χ2v) is 5.86. The van der Waals surface area contributed by atoms with Crippen molar-refractivity contribution in [2.75, 3.05) is 0 Å². The van der Waals surface area contributed by atoms with E-state index in [0.29, 0.717) is 11.5 Å².